The van der Waals surface area contributed by atoms with E-state index in [2.05, 4.69) is 10.3 Å². The van der Waals surface area contributed by atoms with Gasteiger partial charge in [0.1, 0.15) is 6.04 Å². The summed E-state index contributed by atoms with van der Waals surface area (Å²) in [4.78, 5) is 31.5. The number of carbonyl (C=O) groups is 2. The molecule has 4 rings (SSSR count). The summed E-state index contributed by atoms with van der Waals surface area (Å²) in [6, 6.07) is 12.9. The van der Waals surface area contributed by atoms with Crippen molar-refractivity contribution in [2.75, 3.05) is 13.1 Å². The Kier molecular flexibility index (Phi) is 5.16. The van der Waals surface area contributed by atoms with Gasteiger partial charge in [-0.25, -0.2) is 0 Å². The summed E-state index contributed by atoms with van der Waals surface area (Å²) in [7, 11) is 0. The van der Waals surface area contributed by atoms with Crippen LogP contribution in [0.2, 0.25) is 0 Å². The van der Waals surface area contributed by atoms with Gasteiger partial charge in [-0.1, -0.05) is 36.8 Å². The van der Waals surface area contributed by atoms with Gasteiger partial charge in [0.15, 0.2) is 0 Å². The number of amides is 2. The summed E-state index contributed by atoms with van der Waals surface area (Å²) in [5.41, 5.74) is 2.80. The minimum atomic E-state index is -0.531. The molecule has 1 N–H and O–H groups in total. The number of aromatic nitrogens is 1. The van der Waals surface area contributed by atoms with Crippen LogP contribution in [-0.4, -0.2) is 40.8 Å². The van der Waals surface area contributed by atoms with E-state index in [1.807, 2.05) is 41.3 Å². The quantitative estimate of drug-likeness (QED) is 0.884. The lowest BCUT2D eigenvalue weighted by Gasteiger charge is -2.48. The number of pyridine rings is 1. The van der Waals surface area contributed by atoms with Gasteiger partial charge in [-0.2, -0.15) is 0 Å². The first kappa shape index (κ1) is 18.7. The maximum Gasteiger partial charge on any atom is 0.253 e. The van der Waals surface area contributed by atoms with Crippen molar-refractivity contribution in [3.05, 3.63) is 54.2 Å². The van der Waals surface area contributed by atoms with Crippen molar-refractivity contribution in [2.45, 2.75) is 45.1 Å². The SMILES string of the molecule is C[C@H](NC(=O)c1ccc(-c2ccccc2)nc1)C(=O)N1CCC2(CCC2)CC1. The fourth-order valence-electron chi connectivity index (χ4n) is 4.30. The third-order valence-electron chi connectivity index (χ3n) is 6.36. The summed E-state index contributed by atoms with van der Waals surface area (Å²) in [6.07, 6.45) is 7.72. The molecule has 28 heavy (non-hydrogen) atoms. The molecule has 5 nitrogen and oxygen atoms in total. The van der Waals surface area contributed by atoms with Gasteiger partial charge in [0, 0.05) is 24.8 Å². The molecule has 2 heterocycles. The number of hydrogen-bond acceptors (Lipinski definition) is 3. The summed E-state index contributed by atoms with van der Waals surface area (Å²) in [6.45, 7) is 3.39. The lowest BCUT2D eigenvalue weighted by atomic mass is 9.63. The van der Waals surface area contributed by atoms with Gasteiger partial charge in [0.2, 0.25) is 5.91 Å². The molecule has 1 saturated heterocycles. The summed E-state index contributed by atoms with van der Waals surface area (Å²) >= 11 is 0. The van der Waals surface area contributed by atoms with E-state index < -0.39 is 6.04 Å². The molecule has 146 valence electrons. The Morgan fingerprint density at radius 3 is 2.32 bits per heavy atom. The van der Waals surface area contributed by atoms with Crippen molar-refractivity contribution in [1.82, 2.24) is 15.2 Å². The summed E-state index contributed by atoms with van der Waals surface area (Å²) in [5, 5.41) is 2.83. The molecular formula is C23H27N3O2. The van der Waals surface area contributed by atoms with Crippen molar-refractivity contribution < 1.29 is 9.59 Å². The second kappa shape index (κ2) is 7.74. The fraction of sp³-hybridized carbons (Fsp3) is 0.435. The van der Waals surface area contributed by atoms with Gasteiger partial charge < -0.3 is 10.2 Å². The van der Waals surface area contributed by atoms with Gasteiger partial charge in [0.05, 0.1) is 11.3 Å². The Labute approximate surface area is 166 Å². The standard InChI is InChI=1S/C23H27N3O2/c1-17(22(28)26-14-12-23(13-15-26)10-5-11-23)25-21(27)19-8-9-20(24-16-19)18-6-3-2-4-7-18/h2-4,6-9,16-17H,5,10-15H2,1H3,(H,25,27)/t17-/m0/s1. The van der Waals surface area contributed by atoms with Gasteiger partial charge in [-0.05, 0) is 50.2 Å². The normalized spacial score (nSPS) is 19.0. The molecule has 2 fully saturated rings. The van der Waals surface area contributed by atoms with Crippen LogP contribution < -0.4 is 5.32 Å². The minimum Gasteiger partial charge on any atom is -0.341 e. The summed E-state index contributed by atoms with van der Waals surface area (Å²) < 4.78 is 0. The number of piperidine rings is 1. The smallest absolute Gasteiger partial charge is 0.253 e. The molecule has 1 spiro atoms. The van der Waals surface area contributed by atoms with Crippen molar-refractivity contribution in [3.8, 4) is 11.3 Å². The van der Waals surface area contributed by atoms with E-state index in [1.165, 1.54) is 19.3 Å². The predicted molar refractivity (Wildman–Crippen MR) is 109 cm³/mol. The van der Waals surface area contributed by atoms with Crippen LogP contribution in [0.4, 0.5) is 0 Å². The maximum atomic E-state index is 12.7. The number of nitrogens with zero attached hydrogens (tertiary/aromatic N) is 2. The van der Waals surface area contributed by atoms with Crippen LogP contribution in [0.15, 0.2) is 48.7 Å². The molecule has 2 aliphatic rings. The van der Waals surface area contributed by atoms with Crippen LogP contribution in [0, 0.1) is 5.41 Å². The van der Waals surface area contributed by atoms with E-state index in [-0.39, 0.29) is 11.8 Å². The third kappa shape index (κ3) is 3.79. The maximum absolute atomic E-state index is 12.7. The minimum absolute atomic E-state index is 0.0105. The number of nitrogens with one attached hydrogen (secondary N) is 1. The zero-order valence-corrected chi connectivity index (χ0v) is 16.4. The molecule has 2 aromatic rings. The summed E-state index contributed by atoms with van der Waals surface area (Å²) in [5.74, 6) is -0.253. The Bertz CT molecular complexity index is 834. The van der Waals surface area contributed by atoms with Crippen molar-refractivity contribution in [3.63, 3.8) is 0 Å². The van der Waals surface area contributed by atoms with Crippen LogP contribution in [0.1, 0.15) is 49.4 Å². The van der Waals surface area contributed by atoms with Crippen molar-refractivity contribution >= 4 is 11.8 Å². The molecule has 5 heteroatoms. The van der Waals surface area contributed by atoms with E-state index in [0.29, 0.717) is 11.0 Å². The van der Waals surface area contributed by atoms with Crippen LogP contribution in [-0.2, 0) is 4.79 Å². The van der Waals surface area contributed by atoms with Crippen LogP contribution in [0.5, 0.6) is 0 Å². The Hall–Kier alpha value is -2.69. The Morgan fingerprint density at radius 2 is 1.75 bits per heavy atom. The van der Waals surface area contributed by atoms with Crippen LogP contribution in [0.3, 0.4) is 0 Å². The van der Waals surface area contributed by atoms with Gasteiger partial charge in [0.25, 0.3) is 5.91 Å². The van der Waals surface area contributed by atoms with E-state index in [9.17, 15) is 9.59 Å². The molecule has 0 bridgehead atoms. The number of hydrogen-bond donors (Lipinski definition) is 1. The molecule has 1 saturated carbocycles. The number of benzene rings is 1. The molecular weight excluding hydrogens is 350 g/mol. The highest BCUT2D eigenvalue weighted by Gasteiger charge is 2.40. The first-order chi connectivity index (χ1) is 13.6. The van der Waals surface area contributed by atoms with E-state index in [0.717, 1.165) is 37.2 Å². The molecule has 0 radical (unpaired) electrons. The van der Waals surface area contributed by atoms with Gasteiger partial charge >= 0.3 is 0 Å². The highest BCUT2D eigenvalue weighted by atomic mass is 16.2. The second-order valence-corrected chi connectivity index (χ2v) is 8.17. The molecule has 1 aromatic carbocycles. The van der Waals surface area contributed by atoms with Crippen molar-refractivity contribution in [1.29, 1.82) is 0 Å². The lowest BCUT2D eigenvalue weighted by Crippen LogP contribution is -2.52. The average Bonchev–Trinajstić information content (AvgIpc) is 2.73. The number of carbonyl (C=O) groups excluding carboxylic acids is 2. The third-order valence-corrected chi connectivity index (χ3v) is 6.36. The van der Waals surface area contributed by atoms with E-state index in [4.69, 9.17) is 0 Å². The molecule has 1 aromatic heterocycles. The van der Waals surface area contributed by atoms with E-state index >= 15 is 0 Å². The Balaban J connectivity index is 1.33. The zero-order valence-electron chi connectivity index (χ0n) is 16.4. The molecule has 1 aliphatic heterocycles. The number of likely N-dealkylation sites (tertiary alicyclic amines) is 1. The largest absolute Gasteiger partial charge is 0.341 e. The topological polar surface area (TPSA) is 62.3 Å². The average molecular weight is 377 g/mol. The van der Waals surface area contributed by atoms with E-state index in [1.54, 1.807) is 19.2 Å². The van der Waals surface area contributed by atoms with Gasteiger partial charge in [-0.15, -0.1) is 0 Å². The zero-order chi connectivity index (χ0) is 19.6. The monoisotopic (exact) mass is 377 g/mol. The molecule has 0 unspecified atom stereocenters. The van der Waals surface area contributed by atoms with Crippen molar-refractivity contribution in [2.24, 2.45) is 5.41 Å². The fourth-order valence-corrected chi connectivity index (χ4v) is 4.30. The Morgan fingerprint density at radius 1 is 1.04 bits per heavy atom. The van der Waals surface area contributed by atoms with Crippen LogP contribution in [0.25, 0.3) is 11.3 Å². The molecule has 2 amide bonds. The second-order valence-electron chi connectivity index (χ2n) is 8.17. The van der Waals surface area contributed by atoms with Crippen LogP contribution >= 0.6 is 0 Å². The highest BCUT2D eigenvalue weighted by molar-refractivity contribution is 5.97. The number of rotatable bonds is 4. The lowest BCUT2D eigenvalue weighted by molar-refractivity contribution is -0.136. The molecule has 1 aliphatic carbocycles. The van der Waals surface area contributed by atoms with Gasteiger partial charge in [-0.3, -0.25) is 14.6 Å². The highest BCUT2D eigenvalue weighted by Crippen LogP contribution is 2.48. The first-order valence-corrected chi connectivity index (χ1v) is 10.2. The first-order valence-electron chi connectivity index (χ1n) is 10.2. The predicted octanol–water partition coefficient (Wildman–Crippen LogP) is 3.66. The molecule has 1 atom stereocenters.